The van der Waals surface area contributed by atoms with Crippen molar-refractivity contribution in [1.29, 1.82) is 0 Å². The zero-order valence-corrected chi connectivity index (χ0v) is 9.21. The van der Waals surface area contributed by atoms with E-state index < -0.39 is 0 Å². The van der Waals surface area contributed by atoms with Crippen LogP contribution in [0.3, 0.4) is 0 Å². The molecule has 0 unspecified atom stereocenters. The second-order valence-corrected chi connectivity index (χ2v) is 3.52. The van der Waals surface area contributed by atoms with Crippen LogP contribution in [0, 0.1) is 6.92 Å². The van der Waals surface area contributed by atoms with Gasteiger partial charge in [0.2, 0.25) is 0 Å². The topological polar surface area (TPSA) is 93.8 Å². The van der Waals surface area contributed by atoms with Gasteiger partial charge >= 0.3 is 0 Å². The lowest BCUT2D eigenvalue weighted by atomic mass is 10.3. The molecule has 17 heavy (non-hydrogen) atoms. The molecule has 0 aliphatic heterocycles. The molecular formula is C11H11N5O. The first-order valence-corrected chi connectivity index (χ1v) is 4.98. The Balaban J connectivity index is 2.14. The smallest absolute Gasteiger partial charge is 0.277 e. The molecule has 6 heteroatoms. The zero-order chi connectivity index (χ0) is 12.3. The molecule has 0 saturated carbocycles. The van der Waals surface area contributed by atoms with E-state index in [9.17, 15) is 4.79 Å². The molecule has 0 fully saturated rings. The largest absolute Gasteiger partial charge is 0.382 e. The molecule has 0 saturated heterocycles. The normalized spacial score (nSPS) is 9.94. The number of aryl methyl sites for hydroxylation is 1. The highest BCUT2D eigenvalue weighted by molar-refractivity contribution is 6.02. The van der Waals surface area contributed by atoms with Crippen molar-refractivity contribution in [3.63, 3.8) is 0 Å². The highest BCUT2D eigenvalue weighted by atomic mass is 16.2. The maximum absolute atomic E-state index is 11.7. The molecule has 2 aromatic rings. The van der Waals surface area contributed by atoms with Crippen LogP contribution in [0.4, 0.5) is 11.6 Å². The number of nitrogen functional groups attached to an aromatic ring is 1. The molecule has 3 N–H and O–H groups in total. The van der Waals surface area contributed by atoms with Gasteiger partial charge in [-0.2, -0.15) is 0 Å². The summed E-state index contributed by atoms with van der Waals surface area (Å²) in [6.45, 7) is 1.92. The number of anilines is 2. The highest BCUT2D eigenvalue weighted by Crippen LogP contribution is 2.07. The van der Waals surface area contributed by atoms with Gasteiger partial charge in [0.1, 0.15) is 11.6 Å². The molecule has 86 valence electrons. The lowest BCUT2D eigenvalue weighted by molar-refractivity contribution is 0.102. The number of nitrogens with two attached hydrogens (primary N) is 1. The number of carbonyl (C=O) groups excluding carboxylic acids is 1. The average Bonchev–Trinajstić information content (AvgIpc) is 2.29. The van der Waals surface area contributed by atoms with E-state index in [0.717, 1.165) is 5.56 Å². The Morgan fingerprint density at radius 1 is 1.29 bits per heavy atom. The van der Waals surface area contributed by atoms with Gasteiger partial charge in [-0.3, -0.25) is 4.79 Å². The zero-order valence-electron chi connectivity index (χ0n) is 9.21. The van der Waals surface area contributed by atoms with E-state index in [1.807, 2.05) is 13.0 Å². The Hall–Kier alpha value is -2.50. The fraction of sp³-hybridized carbons (Fsp3) is 0.0909. The summed E-state index contributed by atoms with van der Waals surface area (Å²) >= 11 is 0. The molecule has 0 radical (unpaired) electrons. The molecule has 2 aromatic heterocycles. The van der Waals surface area contributed by atoms with E-state index in [1.165, 1.54) is 12.1 Å². The van der Waals surface area contributed by atoms with Gasteiger partial charge in [-0.05, 0) is 36.8 Å². The van der Waals surface area contributed by atoms with Gasteiger partial charge in [0.25, 0.3) is 5.91 Å². The third-order valence-corrected chi connectivity index (χ3v) is 2.07. The van der Waals surface area contributed by atoms with Gasteiger partial charge < -0.3 is 11.1 Å². The monoisotopic (exact) mass is 229 g/mol. The van der Waals surface area contributed by atoms with Gasteiger partial charge in [-0.15, -0.1) is 10.2 Å². The second kappa shape index (κ2) is 4.56. The fourth-order valence-electron chi connectivity index (χ4n) is 1.25. The summed E-state index contributed by atoms with van der Waals surface area (Å²) in [4.78, 5) is 15.8. The summed E-state index contributed by atoms with van der Waals surface area (Å²) in [5, 5.41) is 9.91. The van der Waals surface area contributed by atoms with Crippen LogP contribution in [-0.4, -0.2) is 21.1 Å². The molecule has 6 nitrogen and oxygen atoms in total. The van der Waals surface area contributed by atoms with Crippen LogP contribution in [0.1, 0.15) is 16.1 Å². The SMILES string of the molecule is Cc1ccnc(NC(=O)c2ccc(N)nn2)c1. The number of rotatable bonds is 2. The number of aromatic nitrogens is 3. The van der Waals surface area contributed by atoms with E-state index in [0.29, 0.717) is 5.82 Å². The molecule has 0 aliphatic rings. The standard InChI is InChI=1S/C11H11N5O/c1-7-4-5-13-10(6-7)14-11(17)8-2-3-9(12)16-15-8/h2-6H,1H3,(H2,12,16)(H,13,14,17). The quantitative estimate of drug-likeness (QED) is 0.801. The van der Waals surface area contributed by atoms with Crippen molar-refractivity contribution in [3.8, 4) is 0 Å². The van der Waals surface area contributed by atoms with Crippen molar-refractivity contribution >= 4 is 17.5 Å². The first kappa shape index (κ1) is 11.0. The van der Waals surface area contributed by atoms with Gasteiger partial charge in [0, 0.05) is 6.20 Å². The van der Waals surface area contributed by atoms with Crippen molar-refractivity contribution in [2.24, 2.45) is 0 Å². The summed E-state index contributed by atoms with van der Waals surface area (Å²) in [7, 11) is 0. The predicted octanol–water partition coefficient (Wildman–Crippen LogP) is 1.01. The molecule has 0 aromatic carbocycles. The second-order valence-electron chi connectivity index (χ2n) is 3.52. The van der Waals surface area contributed by atoms with E-state index in [-0.39, 0.29) is 17.4 Å². The summed E-state index contributed by atoms with van der Waals surface area (Å²) in [6, 6.07) is 6.64. The fourth-order valence-corrected chi connectivity index (χ4v) is 1.25. The Morgan fingerprint density at radius 2 is 2.12 bits per heavy atom. The molecule has 0 spiro atoms. The minimum Gasteiger partial charge on any atom is -0.382 e. The number of nitrogens with zero attached hydrogens (tertiary/aromatic N) is 3. The van der Waals surface area contributed by atoms with Crippen molar-refractivity contribution in [3.05, 3.63) is 41.7 Å². The van der Waals surface area contributed by atoms with E-state index in [1.54, 1.807) is 12.3 Å². The Kier molecular flexibility index (Phi) is 2.95. The van der Waals surface area contributed by atoms with Crippen LogP contribution in [0.25, 0.3) is 0 Å². The van der Waals surface area contributed by atoms with Gasteiger partial charge in [-0.25, -0.2) is 4.98 Å². The van der Waals surface area contributed by atoms with Gasteiger partial charge in [-0.1, -0.05) is 0 Å². The molecule has 2 rings (SSSR count). The van der Waals surface area contributed by atoms with Gasteiger partial charge in [0.15, 0.2) is 5.69 Å². The molecule has 0 atom stereocenters. The molecule has 1 amide bonds. The van der Waals surface area contributed by atoms with Crippen LogP contribution in [-0.2, 0) is 0 Å². The van der Waals surface area contributed by atoms with Crippen LogP contribution < -0.4 is 11.1 Å². The number of nitrogens with one attached hydrogen (secondary N) is 1. The summed E-state index contributed by atoms with van der Waals surface area (Å²) < 4.78 is 0. The molecule has 0 aliphatic carbocycles. The lowest BCUT2D eigenvalue weighted by Gasteiger charge is -2.03. The first-order valence-electron chi connectivity index (χ1n) is 4.98. The van der Waals surface area contributed by atoms with Crippen LogP contribution in [0.15, 0.2) is 30.5 Å². The Morgan fingerprint density at radius 3 is 2.76 bits per heavy atom. The summed E-state index contributed by atoms with van der Waals surface area (Å²) in [6.07, 6.45) is 1.62. The number of hydrogen-bond donors (Lipinski definition) is 2. The summed E-state index contributed by atoms with van der Waals surface area (Å²) in [5.41, 5.74) is 6.59. The third-order valence-electron chi connectivity index (χ3n) is 2.07. The molecular weight excluding hydrogens is 218 g/mol. The maximum atomic E-state index is 11.7. The van der Waals surface area contributed by atoms with Crippen LogP contribution >= 0.6 is 0 Å². The predicted molar refractivity (Wildman–Crippen MR) is 63.4 cm³/mol. The number of hydrogen-bond acceptors (Lipinski definition) is 5. The Labute approximate surface area is 97.9 Å². The minimum atomic E-state index is -0.365. The minimum absolute atomic E-state index is 0.197. The van der Waals surface area contributed by atoms with Crippen molar-refractivity contribution in [1.82, 2.24) is 15.2 Å². The maximum Gasteiger partial charge on any atom is 0.277 e. The van der Waals surface area contributed by atoms with E-state index in [2.05, 4.69) is 20.5 Å². The van der Waals surface area contributed by atoms with Gasteiger partial charge in [0.05, 0.1) is 0 Å². The highest BCUT2D eigenvalue weighted by Gasteiger charge is 2.08. The average molecular weight is 229 g/mol. The molecule has 2 heterocycles. The van der Waals surface area contributed by atoms with E-state index in [4.69, 9.17) is 5.73 Å². The third kappa shape index (κ3) is 2.75. The van der Waals surface area contributed by atoms with Crippen LogP contribution in [0.2, 0.25) is 0 Å². The number of carbonyl (C=O) groups is 1. The molecule has 0 bridgehead atoms. The first-order chi connectivity index (χ1) is 8.15. The van der Waals surface area contributed by atoms with Crippen molar-refractivity contribution < 1.29 is 4.79 Å². The summed E-state index contributed by atoms with van der Waals surface area (Å²) in [5.74, 6) is 0.388. The number of amides is 1. The van der Waals surface area contributed by atoms with Crippen molar-refractivity contribution in [2.45, 2.75) is 6.92 Å². The lowest BCUT2D eigenvalue weighted by Crippen LogP contribution is -2.15. The van der Waals surface area contributed by atoms with Crippen LogP contribution in [0.5, 0.6) is 0 Å². The number of pyridine rings is 1. The Bertz CT molecular complexity index is 538. The van der Waals surface area contributed by atoms with Crippen molar-refractivity contribution in [2.75, 3.05) is 11.1 Å². The van der Waals surface area contributed by atoms with E-state index >= 15 is 0 Å².